The summed E-state index contributed by atoms with van der Waals surface area (Å²) in [7, 11) is 0. The Morgan fingerprint density at radius 2 is 2.08 bits per heavy atom. The summed E-state index contributed by atoms with van der Waals surface area (Å²) in [6.45, 7) is 3.61. The summed E-state index contributed by atoms with van der Waals surface area (Å²) in [5.41, 5.74) is 4.86. The van der Waals surface area contributed by atoms with Gasteiger partial charge in [-0.2, -0.15) is 0 Å². The van der Waals surface area contributed by atoms with E-state index in [-0.39, 0.29) is 12.0 Å². The van der Waals surface area contributed by atoms with E-state index in [0.717, 1.165) is 23.5 Å². The first-order valence-corrected chi connectivity index (χ1v) is 9.48. The highest BCUT2D eigenvalue weighted by molar-refractivity contribution is 5.79. The molecule has 1 aliphatic carbocycles. The van der Waals surface area contributed by atoms with Crippen molar-refractivity contribution in [3.8, 4) is 0 Å². The lowest BCUT2D eigenvalue weighted by Crippen LogP contribution is -2.43. The minimum Gasteiger partial charge on any atom is -0.368 e. The highest BCUT2D eigenvalue weighted by atomic mass is 16.5. The van der Waals surface area contributed by atoms with Crippen LogP contribution in [-0.4, -0.2) is 40.5 Å². The summed E-state index contributed by atoms with van der Waals surface area (Å²) in [6, 6.07) is 8.43. The molecule has 2 aromatic rings. The van der Waals surface area contributed by atoms with E-state index in [0.29, 0.717) is 26.1 Å². The normalized spacial score (nSPS) is 19.9. The molecule has 2 aliphatic rings. The van der Waals surface area contributed by atoms with Crippen LogP contribution in [-0.2, 0) is 28.8 Å². The van der Waals surface area contributed by atoms with Crippen molar-refractivity contribution in [3.05, 3.63) is 58.7 Å². The molecule has 0 spiro atoms. The van der Waals surface area contributed by atoms with Gasteiger partial charge in [0.05, 0.1) is 25.3 Å². The summed E-state index contributed by atoms with van der Waals surface area (Å²) in [6.07, 6.45) is 6.89. The van der Waals surface area contributed by atoms with Gasteiger partial charge in [-0.3, -0.25) is 4.79 Å². The van der Waals surface area contributed by atoms with Crippen molar-refractivity contribution in [2.24, 2.45) is 0 Å². The molecule has 26 heavy (non-hydrogen) atoms. The third-order valence-electron chi connectivity index (χ3n) is 5.31. The number of amides is 1. The molecule has 5 heteroatoms. The SMILES string of the molecule is Cc1nccc([C@@H]2CN(C(=O)Cc3ccc4c(c3)CCCC4)CCO2)n1. The average molecular weight is 351 g/mol. The van der Waals surface area contributed by atoms with Crippen LogP contribution in [0.3, 0.4) is 0 Å². The molecule has 0 radical (unpaired) electrons. The second-order valence-corrected chi connectivity index (χ2v) is 7.21. The van der Waals surface area contributed by atoms with E-state index in [4.69, 9.17) is 4.74 Å². The Kier molecular flexibility index (Phi) is 4.98. The zero-order valence-corrected chi connectivity index (χ0v) is 15.3. The van der Waals surface area contributed by atoms with Crippen molar-refractivity contribution >= 4 is 5.91 Å². The standard InChI is InChI=1S/C21H25N3O2/c1-15-22-9-8-19(23-15)20-14-24(10-11-26-20)21(25)13-16-6-7-17-4-2-3-5-18(17)12-16/h6-9,12,20H,2-5,10-11,13-14H2,1H3/t20-/m0/s1. The van der Waals surface area contributed by atoms with Crippen molar-refractivity contribution < 1.29 is 9.53 Å². The number of aryl methyl sites for hydroxylation is 3. The number of carbonyl (C=O) groups is 1. The second kappa shape index (κ2) is 7.54. The molecule has 1 atom stereocenters. The quantitative estimate of drug-likeness (QED) is 0.853. The number of rotatable bonds is 3. The molecule has 0 unspecified atom stereocenters. The molecular weight excluding hydrogens is 326 g/mol. The Labute approximate surface area is 154 Å². The highest BCUT2D eigenvalue weighted by Crippen LogP contribution is 2.24. The summed E-state index contributed by atoms with van der Waals surface area (Å²) in [5.74, 6) is 0.892. The maximum atomic E-state index is 12.8. The number of hydrogen-bond donors (Lipinski definition) is 0. The number of morpholine rings is 1. The Hall–Kier alpha value is -2.27. The lowest BCUT2D eigenvalue weighted by atomic mass is 9.90. The summed E-state index contributed by atoms with van der Waals surface area (Å²) in [4.78, 5) is 23.3. The minimum atomic E-state index is -0.169. The van der Waals surface area contributed by atoms with Gasteiger partial charge in [-0.1, -0.05) is 18.2 Å². The molecule has 0 saturated carbocycles. The monoisotopic (exact) mass is 351 g/mol. The van der Waals surface area contributed by atoms with Crippen LogP contribution in [0.2, 0.25) is 0 Å². The predicted molar refractivity (Wildman–Crippen MR) is 98.8 cm³/mol. The van der Waals surface area contributed by atoms with Crippen LogP contribution >= 0.6 is 0 Å². The summed E-state index contributed by atoms with van der Waals surface area (Å²) < 4.78 is 5.84. The maximum absolute atomic E-state index is 12.8. The molecule has 0 N–H and O–H groups in total. The van der Waals surface area contributed by atoms with E-state index in [1.54, 1.807) is 6.20 Å². The van der Waals surface area contributed by atoms with Crippen LogP contribution in [0.1, 0.15) is 47.2 Å². The van der Waals surface area contributed by atoms with Crippen molar-refractivity contribution in [3.63, 3.8) is 0 Å². The minimum absolute atomic E-state index is 0.167. The van der Waals surface area contributed by atoms with E-state index in [2.05, 4.69) is 28.2 Å². The summed E-state index contributed by atoms with van der Waals surface area (Å²) >= 11 is 0. The Balaban J connectivity index is 1.43. The number of benzene rings is 1. The van der Waals surface area contributed by atoms with E-state index in [1.165, 1.54) is 30.4 Å². The number of fused-ring (bicyclic) bond motifs is 1. The van der Waals surface area contributed by atoms with Gasteiger partial charge in [0.15, 0.2) is 0 Å². The molecule has 1 aromatic heterocycles. The third kappa shape index (κ3) is 3.78. The number of hydrogen-bond acceptors (Lipinski definition) is 4. The van der Waals surface area contributed by atoms with Gasteiger partial charge >= 0.3 is 0 Å². The van der Waals surface area contributed by atoms with E-state index in [9.17, 15) is 4.79 Å². The predicted octanol–water partition coefficient (Wildman–Crippen LogP) is 2.81. The largest absolute Gasteiger partial charge is 0.368 e. The van der Waals surface area contributed by atoms with Crippen LogP contribution in [0.4, 0.5) is 0 Å². The lowest BCUT2D eigenvalue weighted by Gasteiger charge is -2.33. The average Bonchev–Trinajstić information content (AvgIpc) is 2.68. The fourth-order valence-corrected chi connectivity index (χ4v) is 3.89. The zero-order valence-electron chi connectivity index (χ0n) is 15.3. The molecule has 1 fully saturated rings. The van der Waals surface area contributed by atoms with Crippen LogP contribution < -0.4 is 0 Å². The number of aromatic nitrogens is 2. The van der Waals surface area contributed by atoms with Gasteiger partial charge in [0.1, 0.15) is 11.9 Å². The number of carbonyl (C=O) groups excluding carboxylic acids is 1. The van der Waals surface area contributed by atoms with Gasteiger partial charge < -0.3 is 9.64 Å². The van der Waals surface area contributed by atoms with Gasteiger partial charge in [0.2, 0.25) is 5.91 Å². The van der Waals surface area contributed by atoms with Gasteiger partial charge in [-0.05, 0) is 55.4 Å². The molecule has 1 amide bonds. The van der Waals surface area contributed by atoms with Crippen molar-refractivity contribution in [1.82, 2.24) is 14.9 Å². The topological polar surface area (TPSA) is 55.3 Å². The third-order valence-corrected chi connectivity index (χ3v) is 5.31. The lowest BCUT2D eigenvalue weighted by molar-refractivity contribution is -0.138. The van der Waals surface area contributed by atoms with Crippen LogP contribution in [0.5, 0.6) is 0 Å². The summed E-state index contributed by atoms with van der Waals surface area (Å²) in [5, 5.41) is 0. The maximum Gasteiger partial charge on any atom is 0.227 e. The first-order chi connectivity index (χ1) is 12.7. The van der Waals surface area contributed by atoms with Crippen LogP contribution in [0.25, 0.3) is 0 Å². The van der Waals surface area contributed by atoms with Crippen molar-refractivity contribution in [1.29, 1.82) is 0 Å². The molecule has 1 aromatic carbocycles. The molecule has 136 valence electrons. The van der Waals surface area contributed by atoms with Gasteiger partial charge in [0.25, 0.3) is 0 Å². The highest BCUT2D eigenvalue weighted by Gasteiger charge is 2.26. The molecule has 0 bridgehead atoms. The van der Waals surface area contributed by atoms with Gasteiger partial charge in [-0.15, -0.1) is 0 Å². The van der Waals surface area contributed by atoms with Crippen molar-refractivity contribution in [2.45, 2.75) is 45.1 Å². The second-order valence-electron chi connectivity index (χ2n) is 7.21. The molecule has 2 heterocycles. The molecule has 4 rings (SSSR count). The van der Waals surface area contributed by atoms with Gasteiger partial charge in [0, 0.05) is 12.7 Å². The van der Waals surface area contributed by atoms with E-state index >= 15 is 0 Å². The fraction of sp³-hybridized carbons (Fsp3) is 0.476. The Morgan fingerprint density at radius 3 is 2.92 bits per heavy atom. The molecule has 1 saturated heterocycles. The first kappa shape index (κ1) is 17.2. The fourth-order valence-electron chi connectivity index (χ4n) is 3.89. The number of ether oxygens (including phenoxy) is 1. The van der Waals surface area contributed by atoms with Crippen LogP contribution in [0.15, 0.2) is 30.5 Å². The molecule has 1 aliphatic heterocycles. The smallest absolute Gasteiger partial charge is 0.227 e. The Bertz CT molecular complexity index is 806. The zero-order chi connectivity index (χ0) is 17.9. The first-order valence-electron chi connectivity index (χ1n) is 9.48. The van der Waals surface area contributed by atoms with Crippen LogP contribution in [0, 0.1) is 6.92 Å². The van der Waals surface area contributed by atoms with Gasteiger partial charge in [-0.25, -0.2) is 9.97 Å². The van der Waals surface area contributed by atoms with E-state index in [1.807, 2.05) is 17.9 Å². The van der Waals surface area contributed by atoms with Crippen molar-refractivity contribution in [2.75, 3.05) is 19.7 Å². The molecule has 5 nitrogen and oxygen atoms in total. The Morgan fingerprint density at radius 1 is 1.23 bits per heavy atom. The molecular formula is C21H25N3O2. The number of nitrogens with zero attached hydrogens (tertiary/aromatic N) is 3. The van der Waals surface area contributed by atoms with E-state index < -0.39 is 0 Å².